The van der Waals surface area contributed by atoms with Crippen molar-refractivity contribution < 1.29 is 14.3 Å². The first kappa shape index (κ1) is 11.7. The lowest BCUT2D eigenvalue weighted by atomic mass is 10.3. The van der Waals surface area contributed by atoms with Gasteiger partial charge in [0.15, 0.2) is 0 Å². The SMILES string of the molecule is CC(=S)C(=O)OCCOc1ccccc1. The van der Waals surface area contributed by atoms with Gasteiger partial charge in [-0.1, -0.05) is 30.4 Å². The predicted octanol–water partition coefficient (Wildman–Crippen LogP) is 2.00. The van der Waals surface area contributed by atoms with Crippen molar-refractivity contribution in [2.75, 3.05) is 13.2 Å². The molecule has 0 amide bonds. The number of thiocarbonyl (C=S) groups is 1. The first-order valence-corrected chi connectivity index (χ1v) is 4.96. The number of hydrogen-bond acceptors (Lipinski definition) is 4. The Balaban J connectivity index is 2.18. The van der Waals surface area contributed by atoms with Crippen LogP contribution in [0.25, 0.3) is 0 Å². The van der Waals surface area contributed by atoms with Gasteiger partial charge in [0.25, 0.3) is 0 Å². The molecule has 0 aliphatic rings. The second kappa shape index (κ2) is 6.14. The van der Waals surface area contributed by atoms with E-state index in [1.165, 1.54) is 6.92 Å². The Morgan fingerprint density at radius 1 is 1.27 bits per heavy atom. The van der Waals surface area contributed by atoms with Gasteiger partial charge in [-0.15, -0.1) is 0 Å². The molecule has 0 heterocycles. The molecule has 3 nitrogen and oxygen atoms in total. The summed E-state index contributed by atoms with van der Waals surface area (Å²) in [4.78, 5) is 11.2. The Kier molecular flexibility index (Phi) is 4.77. The number of hydrogen-bond donors (Lipinski definition) is 0. The third kappa shape index (κ3) is 4.56. The second-order valence-electron chi connectivity index (χ2n) is 2.85. The minimum atomic E-state index is -0.457. The summed E-state index contributed by atoms with van der Waals surface area (Å²) in [6.45, 7) is 2.08. The average molecular weight is 224 g/mol. The van der Waals surface area contributed by atoms with Crippen LogP contribution < -0.4 is 4.74 Å². The van der Waals surface area contributed by atoms with Crippen LogP contribution in [0.4, 0.5) is 0 Å². The van der Waals surface area contributed by atoms with E-state index in [2.05, 4.69) is 12.2 Å². The minimum Gasteiger partial charge on any atom is -0.490 e. The highest BCUT2D eigenvalue weighted by Gasteiger charge is 2.03. The summed E-state index contributed by atoms with van der Waals surface area (Å²) in [6.07, 6.45) is 0. The lowest BCUT2D eigenvalue weighted by Gasteiger charge is -2.06. The van der Waals surface area contributed by atoms with Crippen LogP contribution in [0.5, 0.6) is 5.75 Å². The van der Waals surface area contributed by atoms with Crippen LogP contribution in [-0.2, 0) is 9.53 Å². The Bertz CT molecular complexity index is 335. The molecular weight excluding hydrogens is 212 g/mol. The molecule has 0 aliphatic carbocycles. The van der Waals surface area contributed by atoms with Crippen molar-refractivity contribution in [3.05, 3.63) is 30.3 Å². The molecule has 0 unspecified atom stereocenters. The van der Waals surface area contributed by atoms with Crippen LogP contribution >= 0.6 is 12.2 Å². The maximum Gasteiger partial charge on any atom is 0.344 e. The van der Waals surface area contributed by atoms with E-state index in [1.54, 1.807) is 0 Å². The molecule has 0 radical (unpaired) electrons. The largest absolute Gasteiger partial charge is 0.490 e. The highest BCUT2D eigenvalue weighted by Crippen LogP contribution is 2.07. The van der Waals surface area contributed by atoms with Crippen LogP contribution in [0.15, 0.2) is 30.3 Å². The summed E-state index contributed by atoms with van der Waals surface area (Å²) >= 11 is 4.65. The molecule has 0 spiro atoms. The number of benzene rings is 1. The molecule has 0 saturated heterocycles. The lowest BCUT2D eigenvalue weighted by Crippen LogP contribution is -2.16. The molecule has 0 fully saturated rings. The van der Waals surface area contributed by atoms with Gasteiger partial charge < -0.3 is 9.47 Å². The third-order valence-corrected chi connectivity index (χ3v) is 1.78. The molecule has 0 bridgehead atoms. The second-order valence-corrected chi connectivity index (χ2v) is 3.47. The number of para-hydroxylation sites is 1. The minimum absolute atomic E-state index is 0.210. The molecule has 1 aromatic rings. The number of carbonyl (C=O) groups is 1. The highest BCUT2D eigenvalue weighted by molar-refractivity contribution is 7.82. The molecule has 0 N–H and O–H groups in total. The smallest absolute Gasteiger partial charge is 0.344 e. The van der Waals surface area contributed by atoms with Gasteiger partial charge in [0.1, 0.15) is 19.0 Å². The maximum atomic E-state index is 10.9. The quantitative estimate of drug-likeness (QED) is 0.435. The summed E-state index contributed by atoms with van der Waals surface area (Å²) in [5.41, 5.74) is 0. The van der Waals surface area contributed by atoms with Crippen molar-refractivity contribution in [3.8, 4) is 5.75 Å². The van der Waals surface area contributed by atoms with Crippen LogP contribution in [-0.4, -0.2) is 24.0 Å². The molecule has 0 saturated carbocycles. The molecule has 0 aromatic heterocycles. The Hall–Kier alpha value is -1.42. The lowest BCUT2D eigenvalue weighted by molar-refractivity contribution is -0.136. The number of esters is 1. The fraction of sp³-hybridized carbons (Fsp3) is 0.273. The zero-order chi connectivity index (χ0) is 11.1. The summed E-state index contributed by atoms with van der Waals surface area (Å²) in [7, 11) is 0. The normalized spacial score (nSPS) is 9.40. The summed E-state index contributed by atoms with van der Waals surface area (Å²) in [5, 5.41) is 0. The topological polar surface area (TPSA) is 35.5 Å². The molecule has 1 aromatic carbocycles. The van der Waals surface area contributed by atoms with Crippen LogP contribution in [0.1, 0.15) is 6.92 Å². The van der Waals surface area contributed by atoms with E-state index in [-0.39, 0.29) is 11.5 Å². The van der Waals surface area contributed by atoms with E-state index in [0.717, 1.165) is 5.75 Å². The van der Waals surface area contributed by atoms with Gasteiger partial charge in [0.2, 0.25) is 0 Å². The van der Waals surface area contributed by atoms with E-state index in [1.807, 2.05) is 30.3 Å². The van der Waals surface area contributed by atoms with E-state index >= 15 is 0 Å². The zero-order valence-electron chi connectivity index (χ0n) is 8.43. The van der Waals surface area contributed by atoms with E-state index in [9.17, 15) is 4.79 Å². The third-order valence-electron chi connectivity index (χ3n) is 1.62. The van der Waals surface area contributed by atoms with E-state index in [4.69, 9.17) is 9.47 Å². The number of rotatable bonds is 5. The predicted molar refractivity (Wildman–Crippen MR) is 61.2 cm³/mol. The van der Waals surface area contributed by atoms with Crippen LogP contribution in [0, 0.1) is 0 Å². The van der Waals surface area contributed by atoms with Crippen molar-refractivity contribution in [2.45, 2.75) is 6.92 Å². The molecule has 0 aliphatic heterocycles. The Labute approximate surface area is 94.0 Å². The van der Waals surface area contributed by atoms with Gasteiger partial charge in [0, 0.05) is 0 Å². The first-order chi connectivity index (χ1) is 7.20. The first-order valence-electron chi connectivity index (χ1n) is 4.55. The van der Waals surface area contributed by atoms with E-state index in [0.29, 0.717) is 6.61 Å². The summed E-state index contributed by atoms with van der Waals surface area (Å²) in [6, 6.07) is 9.34. The van der Waals surface area contributed by atoms with Crippen LogP contribution in [0.3, 0.4) is 0 Å². The van der Waals surface area contributed by atoms with E-state index < -0.39 is 5.97 Å². The zero-order valence-corrected chi connectivity index (χ0v) is 9.25. The Morgan fingerprint density at radius 2 is 1.93 bits per heavy atom. The van der Waals surface area contributed by atoms with Gasteiger partial charge in [-0.25, -0.2) is 4.79 Å². The van der Waals surface area contributed by atoms with Gasteiger partial charge in [0.05, 0.1) is 4.86 Å². The molecule has 1 rings (SSSR count). The molecule has 0 atom stereocenters. The maximum absolute atomic E-state index is 10.9. The van der Waals surface area contributed by atoms with Crippen molar-refractivity contribution in [2.24, 2.45) is 0 Å². The number of ether oxygens (including phenoxy) is 2. The van der Waals surface area contributed by atoms with Gasteiger partial charge >= 0.3 is 5.97 Å². The summed E-state index contributed by atoms with van der Waals surface area (Å²) in [5.74, 6) is 0.300. The molecule has 4 heteroatoms. The fourth-order valence-corrected chi connectivity index (χ4v) is 0.971. The highest BCUT2D eigenvalue weighted by atomic mass is 32.1. The van der Waals surface area contributed by atoms with Crippen LogP contribution in [0.2, 0.25) is 0 Å². The monoisotopic (exact) mass is 224 g/mol. The van der Waals surface area contributed by atoms with Gasteiger partial charge in [-0.3, -0.25) is 0 Å². The Morgan fingerprint density at radius 3 is 2.53 bits per heavy atom. The summed E-state index contributed by atoms with van der Waals surface area (Å²) < 4.78 is 10.1. The van der Waals surface area contributed by atoms with Crippen molar-refractivity contribution in [1.29, 1.82) is 0 Å². The average Bonchev–Trinajstić information content (AvgIpc) is 2.25. The molecule has 15 heavy (non-hydrogen) atoms. The van der Waals surface area contributed by atoms with Crippen molar-refractivity contribution in [1.82, 2.24) is 0 Å². The molecular formula is C11H12O3S. The van der Waals surface area contributed by atoms with Crippen molar-refractivity contribution >= 4 is 23.1 Å². The van der Waals surface area contributed by atoms with Crippen molar-refractivity contribution in [3.63, 3.8) is 0 Å². The van der Waals surface area contributed by atoms with Gasteiger partial charge in [-0.2, -0.15) is 0 Å². The molecule has 80 valence electrons. The fourth-order valence-electron chi connectivity index (χ4n) is 0.912. The van der Waals surface area contributed by atoms with Gasteiger partial charge in [-0.05, 0) is 19.1 Å². The standard InChI is InChI=1S/C11H12O3S/c1-9(15)11(12)14-8-7-13-10-5-3-2-4-6-10/h2-6H,7-8H2,1H3. The number of carbonyl (C=O) groups excluding carboxylic acids is 1.